The van der Waals surface area contributed by atoms with E-state index in [1.807, 2.05) is 31.2 Å². The molecule has 28 heavy (non-hydrogen) atoms. The molecule has 1 N–H and O–H groups in total. The second kappa shape index (κ2) is 6.31. The lowest BCUT2D eigenvalue weighted by Crippen LogP contribution is -2.10. The molecule has 6 nitrogen and oxygen atoms in total. The molecule has 0 radical (unpaired) electrons. The quantitative estimate of drug-likeness (QED) is 0.490. The van der Waals surface area contributed by atoms with Gasteiger partial charge in [-0.25, -0.2) is 15.0 Å². The standard InChI is InChI=1S/C21H15N5OS/c1-11-8-16-20(26-21(11)27)25-19(17-10-23-12(2)28-17)18(24-16)14-5-6-15-13(9-14)4-3-7-22-15/h3-10H,1-2H3,(H,25,26,27). The lowest BCUT2D eigenvalue weighted by molar-refractivity contribution is 1.16. The Morgan fingerprint density at radius 2 is 1.86 bits per heavy atom. The van der Waals surface area contributed by atoms with Crippen LogP contribution in [0.2, 0.25) is 0 Å². The highest BCUT2D eigenvalue weighted by atomic mass is 32.1. The van der Waals surface area contributed by atoms with Crippen molar-refractivity contribution in [1.82, 2.24) is 24.9 Å². The monoisotopic (exact) mass is 385 g/mol. The predicted molar refractivity (Wildman–Crippen MR) is 111 cm³/mol. The third-order valence-electron chi connectivity index (χ3n) is 4.60. The van der Waals surface area contributed by atoms with Crippen LogP contribution in [0.1, 0.15) is 10.6 Å². The first-order valence-corrected chi connectivity index (χ1v) is 9.60. The fourth-order valence-corrected chi connectivity index (χ4v) is 3.95. The van der Waals surface area contributed by atoms with Crippen molar-refractivity contribution in [2.75, 3.05) is 0 Å². The summed E-state index contributed by atoms with van der Waals surface area (Å²) >= 11 is 1.55. The maximum atomic E-state index is 12.0. The van der Waals surface area contributed by atoms with Crippen LogP contribution in [0.3, 0.4) is 0 Å². The van der Waals surface area contributed by atoms with Crippen molar-refractivity contribution >= 4 is 33.4 Å². The molecule has 0 unspecified atom stereocenters. The van der Waals surface area contributed by atoms with Gasteiger partial charge in [0.05, 0.1) is 21.1 Å². The lowest BCUT2D eigenvalue weighted by Gasteiger charge is -2.10. The maximum absolute atomic E-state index is 12.0. The largest absolute Gasteiger partial charge is 0.305 e. The molecule has 0 aliphatic carbocycles. The molecular weight excluding hydrogens is 370 g/mol. The molecule has 0 atom stereocenters. The van der Waals surface area contributed by atoms with Crippen LogP contribution in [-0.2, 0) is 0 Å². The molecule has 5 rings (SSSR count). The average molecular weight is 385 g/mol. The smallest absolute Gasteiger partial charge is 0.252 e. The third kappa shape index (κ3) is 2.76. The number of aryl methyl sites for hydroxylation is 2. The van der Waals surface area contributed by atoms with E-state index in [2.05, 4.69) is 21.0 Å². The van der Waals surface area contributed by atoms with Crippen molar-refractivity contribution < 1.29 is 0 Å². The first-order chi connectivity index (χ1) is 13.6. The van der Waals surface area contributed by atoms with E-state index in [1.54, 1.807) is 36.7 Å². The average Bonchev–Trinajstić information content (AvgIpc) is 3.14. The van der Waals surface area contributed by atoms with Gasteiger partial charge in [0.25, 0.3) is 5.56 Å². The number of rotatable bonds is 2. The van der Waals surface area contributed by atoms with Crippen molar-refractivity contribution in [3.8, 4) is 21.8 Å². The summed E-state index contributed by atoms with van der Waals surface area (Å²) in [5, 5.41) is 1.98. The summed E-state index contributed by atoms with van der Waals surface area (Å²) in [6, 6.07) is 11.8. The number of hydrogen-bond acceptors (Lipinski definition) is 6. The molecule has 0 saturated heterocycles. The van der Waals surface area contributed by atoms with Crippen LogP contribution in [0.4, 0.5) is 0 Å². The minimum Gasteiger partial charge on any atom is -0.305 e. The van der Waals surface area contributed by atoms with Crippen molar-refractivity contribution in [3.05, 3.63) is 69.7 Å². The van der Waals surface area contributed by atoms with E-state index in [1.165, 1.54) is 0 Å². The minimum absolute atomic E-state index is 0.155. The molecular formula is C21H15N5OS. The number of fused-ring (bicyclic) bond motifs is 2. The van der Waals surface area contributed by atoms with Gasteiger partial charge >= 0.3 is 0 Å². The number of pyridine rings is 2. The Morgan fingerprint density at radius 1 is 0.964 bits per heavy atom. The number of benzene rings is 1. The fraction of sp³-hybridized carbons (Fsp3) is 0.0952. The number of thiazole rings is 1. The molecule has 1 aromatic carbocycles. The zero-order valence-electron chi connectivity index (χ0n) is 15.2. The molecule has 4 heterocycles. The third-order valence-corrected chi connectivity index (χ3v) is 5.52. The summed E-state index contributed by atoms with van der Waals surface area (Å²) in [5.74, 6) is 0. The van der Waals surface area contributed by atoms with Crippen LogP contribution in [-0.4, -0.2) is 24.9 Å². The van der Waals surface area contributed by atoms with Gasteiger partial charge in [0.1, 0.15) is 11.2 Å². The van der Waals surface area contributed by atoms with Crippen molar-refractivity contribution in [3.63, 3.8) is 0 Å². The highest BCUT2D eigenvalue weighted by Gasteiger charge is 2.16. The summed E-state index contributed by atoms with van der Waals surface area (Å²) in [6.07, 6.45) is 3.58. The van der Waals surface area contributed by atoms with Crippen molar-refractivity contribution in [2.24, 2.45) is 0 Å². The van der Waals surface area contributed by atoms with E-state index < -0.39 is 0 Å². The van der Waals surface area contributed by atoms with E-state index in [0.717, 1.165) is 32.0 Å². The van der Waals surface area contributed by atoms with Crippen molar-refractivity contribution in [1.29, 1.82) is 0 Å². The molecule has 0 spiro atoms. The van der Waals surface area contributed by atoms with Gasteiger partial charge in [-0.3, -0.25) is 9.78 Å². The van der Waals surface area contributed by atoms with Gasteiger partial charge in [-0.15, -0.1) is 11.3 Å². The SMILES string of the molecule is Cc1ncc(-c2nc3[nH]c(=O)c(C)cc3nc2-c2ccc3ncccc3c2)s1. The molecule has 0 amide bonds. The topological polar surface area (TPSA) is 84.4 Å². The van der Waals surface area contributed by atoms with E-state index in [-0.39, 0.29) is 5.56 Å². The Labute approximate surface area is 164 Å². The number of H-pyrrole nitrogens is 1. The van der Waals surface area contributed by atoms with E-state index in [4.69, 9.17) is 9.97 Å². The van der Waals surface area contributed by atoms with E-state index >= 15 is 0 Å². The Morgan fingerprint density at radius 3 is 2.68 bits per heavy atom. The molecule has 136 valence electrons. The number of aromatic amines is 1. The molecule has 0 aliphatic rings. The Hall–Kier alpha value is -3.45. The maximum Gasteiger partial charge on any atom is 0.252 e. The van der Waals surface area contributed by atoms with Gasteiger partial charge in [-0.2, -0.15) is 0 Å². The molecule has 0 saturated carbocycles. The van der Waals surface area contributed by atoms with Gasteiger partial charge in [0.2, 0.25) is 0 Å². The predicted octanol–water partition coefficient (Wildman–Crippen LogP) is 4.27. The molecule has 7 heteroatoms. The van der Waals surface area contributed by atoms with Crippen LogP contribution in [0.15, 0.2) is 53.6 Å². The Balaban J connectivity index is 1.83. The second-order valence-corrected chi connectivity index (χ2v) is 7.83. The fourth-order valence-electron chi connectivity index (χ4n) is 3.18. The van der Waals surface area contributed by atoms with Crippen LogP contribution >= 0.6 is 11.3 Å². The summed E-state index contributed by atoms with van der Waals surface area (Å²) in [6.45, 7) is 3.72. The first kappa shape index (κ1) is 16.7. The molecule has 0 fully saturated rings. The zero-order chi connectivity index (χ0) is 19.3. The Kier molecular flexibility index (Phi) is 3.77. The normalized spacial score (nSPS) is 11.4. The van der Waals surface area contributed by atoms with Crippen LogP contribution in [0.25, 0.3) is 43.9 Å². The van der Waals surface area contributed by atoms with Gasteiger partial charge in [0, 0.05) is 28.9 Å². The van der Waals surface area contributed by atoms with Crippen LogP contribution < -0.4 is 5.56 Å². The summed E-state index contributed by atoms with van der Waals surface area (Å²) in [7, 11) is 0. The zero-order valence-corrected chi connectivity index (χ0v) is 16.0. The van der Waals surface area contributed by atoms with E-state index in [9.17, 15) is 4.79 Å². The number of nitrogens with zero attached hydrogens (tertiary/aromatic N) is 4. The molecule has 0 aliphatic heterocycles. The highest BCUT2D eigenvalue weighted by Crippen LogP contribution is 2.34. The molecule has 0 bridgehead atoms. The molecule has 4 aromatic heterocycles. The van der Waals surface area contributed by atoms with Gasteiger partial charge < -0.3 is 4.98 Å². The van der Waals surface area contributed by atoms with Crippen molar-refractivity contribution in [2.45, 2.75) is 13.8 Å². The van der Waals surface area contributed by atoms with E-state index in [0.29, 0.717) is 22.4 Å². The number of aromatic nitrogens is 5. The van der Waals surface area contributed by atoms with Gasteiger partial charge in [0.15, 0.2) is 5.65 Å². The number of nitrogens with one attached hydrogen (secondary N) is 1. The number of hydrogen-bond donors (Lipinski definition) is 1. The summed E-state index contributed by atoms with van der Waals surface area (Å²) < 4.78 is 0. The Bertz CT molecular complexity index is 1420. The first-order valence-electron chi connectivity index (χ1n) is 8.78. The summed E-state index contributed by atoms with van der Waals surface area (Å²) in [5.41, 5.74) is 4.92. The highest BCUT2D eigenvalue weighted by molar-refractivity contribution is 7.15. The van der Waals surface area contributed by atoms with Gasteiger partial charge in [-0.05, 0) is 38.1 Å². The summed E-state index contributed by atoms with van der Waals surface area (Å²) in [4.78, 5) is 34.2. The van der Waals surface area contributed by atoms with Gasteiger partial charge in [-0.1, -0.05) is 12.1 Å². The second-order valence-electron chi connectivity index (χ2n) is 6.59. The van der Waals surface area contributed by atoms with Crippen LogP contribution in [0, 0.1) is 13.8 Å². The van der Waals surface area contributed by atoms with Crippen LogP contribution in [0.5, 0.6) is 0 Å². The lowest BCUT2D eigenvalue weighted by atomic mass is 10.1. The molecule has 5 aromatic rings. The minimum atomic E-state index is -0.155.